The Morgan fingerprint density at radius 3 is 3.00 bits per heavy atom. The first-order chi connectivity index (χ1) is 9.15. The zero-order valence-corrected chi connectivity index (χ0v) is 13.4. The zero-order chi connectivity index (χ0) is 13.4. The van der Waals surface area contributed by atoms with Crippen molar-refractivity contribution in [2.45, 2.75) is 19.5 Å². The first-order valence-electron chi connectivity index (χ1n) is 6.68. The van der Waals surface area contributed by atoms with Crippen LogP contribution in [0.15, 0.2) is 23.0 Å². The molecular weight excluding hydrogens is 294 g/mol. The largest absolute Gasteiger partial charge is 0.314 e. The Morgan fingerprint density at radius 2 is 2.25 bits per heavy atom. The fourth-order valence-corrected chi connectivity index (χ4v) is 3.57. The molecule has 20 heavy (non-hydrogen) atoms. The normalized spacial score (nSPS) is 20.0. The molecule has 0 saturated carbocycles. The van der Waals surface area contributed by atoms with E-state index in [0.717, 1.165) is 36.4 Å². The molecule has 0 bridgehead atoms. The number of aromatic nitrogens is 1. The molecule has 2 heterocycles. The summed E-state index contributed by atoms with van der Waals surface area (Å²) in [4.78, 5) is 14.3. The quantitative estimate of drug-likeness (QED) is 0.919. The van der Waals surface area contributed by atoms with Crippen LogP contribution in [0.5, 0.6) is 0 Å². The highest BCUT2D eigenvalue weighted by molar-refractivity contribution is 7.16. The zero-order valence-electron chi connectivity index (χ0n) is 11.8. The SMILES string of the molecule is C[C@@H]1CNCCN1Cc1ccc2c(c1)sc(=O)n2C.Cl. The lowest BCUT2D eigenvalue weighted by Gasteiger charge is -2.33. The van der Waals surface area contributed by atoms with Gasteiger partial charge in [0, 0.05) is 39.3 Å². The van der Waals surface area contributed by atoms with Gasteiger partial charge in [-0.2, -0.15) is 0 Å². The number of fused-ring (bicyclic) bond motifs is 1. The number of nitrogens with one attached hydrogen (secondary N) is 1. The maximum Gasteiger partial charge on any atom is 0.307 e. The van der Waals surface area contributed by atoms with Gasteiger partial charge in [-0.1, -0.05) is 17.4 Å². The number of hydrogen-bond donors (Lipinski definition) is 1. The maximum absolute atomic E-state index is 11.7. The average molecular weight is 314 g/mol. The van der Waals surface area contributed by atoms with Crippen molar-refractivity contribution < 1.29 is 0 Å². The molecule has 0 aliphatic carbocycles. The van der Waals surface area contributed by atoms with Gasteiger partial charge in [0.2, 0.25) is 0 Å². The highest BCUT2D eigenvalue weighted by Crippen LogP contribution is 2.20. The topological polar surface area (TPSA) is 37.3 Å². The summed E-state index contributed by atoms with van der Waals surface area (Å²) in [6.45, 7) is 6.43. The van der Waals surface area contributed by atoms with Crippen molar-refractivity contribution in [3.05, 3.63) is 33.4 Å². The molecule has 0 amide bonds. The Hall–Kier alpha value is -0.880. The van der Waals surface area contributed by atoms with Crippen molar-refractivity contribution >= 4 is 34.0 Å². The number of aryl methyl sites for hydroxylation is 1. The molecule has 1 aliphatic rings. The monoisotopic (exact) mass is 313 g/mol. The predicted octanol–water partition coefficient (Wildman–Crippen LogP) is 1.82. The van der Waals surface area contributed by atoms with Crippen LogP contribution in [0.4, 0.5) is 0 Å². The smallest absolute Gasteiger partial charge is 0.307 e. The van der Waals surface area contributed by atoms with Crippen LogP contribution in [0, 0.1) is 0 Å². The Labute approximate surface area is 128 Å². The summed E-state index contributed by atoms with van der Waals surface area (Å²) < 4.78 is 2.81. The van der Waals surface area contributed by atoms with Gasteiger partial charge in [0.15, 0.2) is 0 Å². The number of rotatable bonds is 2. The summed E-state index contributed by atoms with van der Waals surface area (Å²) in [5.41, 5.74) is 2.33. The second-order valence-corrected chi connectivity index (χ2v) is 6.25. The van der Waals surface area contributed by atoms with Crippen LogP contribution in [-0.2, 0) is 13.6 Å². The predicted molar refractivity (Wildman–Crippen MR) is 87.1 cm³/mol. The molecule has 0 unspecified atom stereocenters. The van der Waals surface area contributed by atoms with Crippen LogP contribution in [0.1, 0.15) is 12.5 Å². The standard InChI is InChI=1S/C14H19N3OS.ClH/c1-10-8-15-5-6-17(10)9-11-3-4-12-13(7-11)19-14(18)16(12)2;/h3-4,7,10,15H,5-6,8-9H2,1-2H3;1H/t10-;/m1./s1. The van der Waals surface area contributed by atoms with E-state index >= 15 is 0 Å². The van der Waals surface area contributed by atoms with E-state index in [2.05, 4.69) is 35.3 Å². The van der Waals surface area contributed by atoms with Crippen molar-refractivity contribution in [1.29, 1.82) is 0 Å². The molecule has 4 nitrogen and oxygen atoms in total. The fourth-order valence-electron chi connectivity index (χ4n) is 2.63. The second-order valence-electron chi connectivity index (χ2n) is 5.25. The van der Waals surface area contributed by atoms with E-state index in [1.807, 2.05) is 7.05 Å². The molecule has 1 aliphatic heterocycles. The first kappa shape index (κ1) is 15.5. The minimum absolute atomic E-state index is 0. The molecule has 3 rings (SSSR count). The molecule has 0 radical (unpaired) electrons. The van der Waals surface area contributed by atoms with Gasteiger partial charge >= 0.3 is 4.87 Å². The van der Waals surface area contributed by atoms with Crippen molar-refractivity contribution in [1.82, 2.24) is 14.8 Å². The molecule has 0 spiro atoms. The lowest BCUT2D eigenvalue weighted by atomic mass is 10.1. The van der Waals surface area contributed by atoms with Crippen molar-refractivity contribution in [2.75, 3.05) is 19.6 Å². The number of nitrogens with zero attached hydrogens (tertiary/aromatic N) is 2. The number of thiazole rings is 1. The van der Waals surface area contributed by atoms with Crippen LogP contribution in [0.25, 0.3) is 10.2 Å². The van der Waals surface area contributed by atoms with Gasteiger partial charge in [-0.05, 0) is 24.6 Å². The molecule has 1 N–H and O–H groups in total. The highest BCUT2D eigenvalue weighted by Gasteiger charge is 2.18. The number of hydrogen-bond acceptors (Lipinski definition) is 4. The van der Waals surface area contributed by atoms with E-state index in [-0.39, 0.29) is 17.3 Å². The third-order valence-corrected chi connectivity index (χ3v) is 4.88. The molecule has 2 aromatic rings. The van der Waals surface area contributed by atoms with E-state index in [1.54, 1.807) is 4.57 Å². The van der Waals surface area contributed by atoms with Crippen LogP contribution in [-0.4, -0.2) is 35.1 Å². The third-order valence-electron chi connectivity index (χ3n) is 3.88. The number of halogens is 1. The molecule has 1 aromatic heterocycles. The lowest BCUT2D eigenvalue weighted by Crippen LogP contribution is -2.49. The van der Waals surface area contributed by atoms with Crippen molar-refractivity contribution in [3.8, 4) is 0 Å². The molecular formula is C14H20ClN3OS. The van der Waals surface area contributed by atoms with Gasteiger partial charge in [-0.3, -0.25) is 9.69 Å². The summed E-state index contributed by atoms with van der Waals surface area (Å²) in [7, 11) is 1.83. The highest BCUT2D eigenvalue weighted by atomic mass is 35.5. The molecule has 1 fully saturated rings. The van der Waals surface area contributed by atoms with Crippen molar-refractivity contribution in [2.24, 2.45) is 7.05 Å². The first-order valence-corrected chi connectivity index (χ1v) is 7.50. The van der Waals surface area contributed by atoms with E-state index in [9.17, 15) is 4.79 Å². The Bertz CT molecular complexity index is 651. The number of piperazine rings is 1. The van der Waals surface area contributed by atoms with E-state index in [4.69, 9.17) is 0 Å². The number of benzene rings is 1. The van der Waals surface area contributed by atoms with Gasteiger partial charge in [0.1, 0.15) is 0 Å². The minimum atomic E-state index is 0. The van der Waals surface area contributed by atoms with Crippen molar-refractivity contribution in [3.63, 3.8) is 0 Å². The molecule has 1 aromatic carbocycles. The molecule has 1 atom stereocenters. The Kier molecular flexibility index (Phi) is 4.86. The summed E-state index contributed by atoms with van der Waals surface area (Å²) in [5.74, 6) is 0. The van der Waals surface area contributed by atoms with Gasteiger partial charge in [-0.15, -0.1) is 12.4 Å². The van der Waals surface area contributed by atoms with Crippen LogP contribution in [0.3, 0.4) is 0 Å². The second kappa shape index (κ2) is 6.26. The van der Waals surface area contributed by atoms with E-state index in [0.29, 0.717) is 6.04 Å². The lowest BCUT2D eigenvalue weighted by molar-refractivity contribution is 0.166. The maximum atomic E-state index is 11.7. The summed E-state index contributed by atoms with van der Waals surface area (Å²) >= 11 is 1.33. The Morgan fingerprint density at radius 1 is 1.45 bits per heavy atom. The van der Waals surface area contributed by atoms with Gasteiger partial charge in [0.25, 0.3) is 0 Å². The van der Waals surface area contributed by atoms with Crippen LogP contribution in [0.2, 0.25) is 0 Å². The van der Waals surface area contributed by atoms with Crippen LogP contribution >= 0.6 is 23.7 Å². The molecule has 110 valence electrons. The minimum Gasteiger partial charge on any atom is -0.314 e. The van der Waals surface area contributed by atoms with Gasteiger partial charge < -0.3 is 9.88 Å². The van der Waals surface area contributed by atoms with Crippen LogP contribution < -0.4 is 10.2 Å². The fraction of sp³-hybridized carbons (Fsp3) is 0.500. The third kappa shape index (κ3) is 2.91. The molecule has 1 saturated heterocycles. The van der Waals surface area contributed by atoms with E-state index < -0.39 is 0 Å². The Balaban J connectivity index is 0.00000147. The summed E-state index contributed by atoms with van der Waals surface area (Å²) in [6, 6.07) is 6.94. The van der Waals surface area contributed by atoms with Gasteiger partial charge in [0.05, 0.1) is 10.2 Å². The van der Waals surface area contributed by atoms with E-state index in [1.165, 1.54) is 16.9 Å². The average Bonchev–Trinajstić information content (AvgIpc) is 2.68. The summed E-state index contributed by atoms with van der Waals surface area (Å²) in [5, 5.41) is 3.41. The molecule has 6 heteroatoms. The summed E-state index contributed by atoms with van der Waals surface area (Å²) in [6.07, 6.45) is 0. The van der Waals surface area contributed by atoms with Gasteiger partial charge in [-0.25, -0.2) is 0 Å².